The van der Waals surface area contributed by atoms with Crippen molar-refractivity contribution in [3.8, 4) is 11.5 Å². The largest absolute Gasteiger partial charge is 0.419 e. The maximum atomic E-state index is 13.5. The number of carbonyl (C=O) groups is 1. The Bertz CT molecular complexity index is 1280. The molecule has 7 nitrogen and oxygen atoms in total. The number of thiophene rings is 1. The molecule has 0 atom stereocenters. The van der Waals surface area contributed by atoms with E-state index in [4.69, 9.17) is 16.0 Å². The number of benzene rings is 1. The van der Waals surface area contributed by atoms with E-state index in [0.717, 1.165) is 21.5 Å². The normalized spacial score (nSPS) is 11.5. The SMILES string of the molecule is Cc1nc(C)c2c(C)c(C(=O)N(Cc3nnc(-c4ccccc4Cl)o3)C(C)C)sc2n1. The van der Waals surface area contributed by atoms with E-state index in [9.17, 15) is 4.79 Å². The smallest absolute Gasteiger partial charge is 0.264 e. The molecule has 4 rings (SSSR count). The highest BCUT2D eigenvalue weighted by Crippen LogP contribution is 2.33. The molecule has 4 aromatic rings. The quantitative estimate of drug-likeness (QED) is 0.402. The van der Waals surface area contributed by atoms with E-state index in [1.807, 2.05) is 52.8 Å². The van der Waals surface area contributed by atoms with E-state index < -0.39 is 0 Å². The van der Waals surface area contributed by atoms with Crippen LogP contribution in [0.2, 0.25) is 5.02 Å². The highest BCUT2D eigenvalue weighted by molar-refractivity contribution is 7.20. The van der Waals surface area contributed by atoms with Crippen LogP contribution in [0.1, 0.15) is 46.5 Å². The Morgan fingerprint density at radius 2 is 1.90 bits per heavy atom. The molecule has 0 radical (unpaired) electrons. The van der Waals surface area contributed by atoms with Gasteiger partial charge >= 0.3 is 0 Å². The molecule has 0 unspecified atom stereocenters. The van der Waals surface area contributed by atoms with Crippen LogP contribution in [0.5, 0.6) is 0 Å². The fourth-order valence-corrected chi connectivity index (χ4v) is 4.95. The van der Waals surface area contributed by atoms with Crippen LogP contribution in [-0.2, 0) is 6.54 Å². The molecule has 160 valence electrons. The monoisotopic (exact) mass is 455 g/mol. The lowest BCUT2D eigenvalue weighted by Crippen LogP contribution is -2.36. The van der Waals surface area contributed by atoms with Crippen molar-refractivity contribution in [1.29, 1.82) is 0 Å². The number of rotatable bonds is 5. The molecule has 0 fully saturated rings. The van der Waals surface area contributed by atoms with Gasteiger partial charge in [-0.05, 0) is 52.3 Å². The van der Waals surface area contributed by atoms with Crippen LogP contribution in [0, 0.1) is 20.8 Å². The van der Waals surface area contributed by atoms with Crippen molar-refractivity contribution >= 4 is 39.1 Å². The molecular weight excluding hydrogens is 434 g/mol. The van der Waals surface area contributed by atoms with Gasteiger partial charge in [-0.3, -0.25) is 4.79 Å². The van der Waals surface area contributed by atoms with E-state index in [0.29, 0.717) is 33.1 Å². The number of nitrogens with zero attached hydrogens (tertiary/aromatic N) is 5. The molecule has 0 saturated heterocycles. The van der Waals surface area contributed by atoms with Gasteiger partial charge in [0.2, 0.25) is 11.8 Å². The molecule has 0 bridgehead atoms. The summed E-state index contributed by atoms with van der Waals surface area (Å²) in [7, 11) is 0. The van der Waals surface area contributed by atoms with Crippen molar-refractivity contribution in [2.45, 2.75) is 47.2 Å². The molecule has 1 amide bonds. The second-order valence-electron chi connectivity index (χ2n) is 7.60. The van der Waals surface area contributed by atoms with Crippen LogP contribution < -0.4 is 0 Å². The van der Waals surface area contributed by atoms with E-state index in [2.05, 4.69) is 20.2 Å². The van der Waals surface area contributed by atoms with Crippen molar-refractivity contribution in [3.63, 3.8) is 0 Å². The number of hydrogen-bond donors (Lipinski definition) is 0. The van der Waals surface area contributed by atoms with Gasteiger partial charge < -0.3 is 9.32 Å². The molecule has 3 heterocycles. The second-order valence-corrected chi connectivity index (χ2v) is 9.01. The fraction of sp³-hybridized carbons (Fsp3) is 0.318. The van der Waals surface area contributed by atoms with Gasteiger partial charge in [0.15, 0.2) is 0 Å². The summed E-state index contributed by atoms with van der Waals surface area (Å²) in [5, 5.41) is 9.72. The van der Waals surface area contributed by atoms with Gasteiger partial charge in [0.05, 0.1) is 22.0 Å². The number of amides is 1. The van der Waals surface area contributed by atoms with E-state index in [-0.39, 0.29) is 18.5 Å². The first-order chi connectivity index (χ1) is 14.8. The van der Waals surface area contributed by atoms with Crippen molar-refractivity contribution in [2.75, 3.05) is 0 Å². The van der Waals surface area contributed by atoms with E-state index in [1.165, 1.54) is 11.3 Å². The third kappa shape index (κ3) is 4.05. The van der Waals surface area contributed by atoms with Crippen molar-refractivity contribution in [1.82, 2.24) is 25.1 Å². The molecule has 9 heteroatoms. The summed E-state index contributed by atoms with van der Waals surface area (Å²) in [4.78, 5) is 25.6. The summed E-state index contributed by atoms with van der Waals surface area (Å²) in [5.74, 6) is 1.28. The van der Waals surface area contributed by atoms with E-state index in [1.54, 1.807) is 11.0 Å². The summed E-state index contributed by atoms with van der Waals surface area (Å²) in [6.07, 6.45) is 0. The number of aromatic nitrogens is 4. The molecular formula is C22H22ClN5O2S. The molecule has 1 aromatic carbocycles. The standard InChI is InChI=1S/C22H22ClN5O2S/c1-11(2)28(10-17-26-27-20(30-17)15-8-6-7-9-16(15)23)22(29)19-12(3)18-13(4)24-14(5)25-21(18)31-19/h6-9,11H,10H2,1-5H3. The van der Waals surface area contributed by atoms with Gasteiger partial charge in [-0.1, -0.05) is 23.7 Å². The number of fused-ring (bicyclic) bond motifs is 1. The van der Waals surface area contributed by atoms with Crippen LogP contribution >= 0.6 is 22.9 Å². The number of carbonyl (C=O) groups excluding carboxylic acids is 1. The summed E-state index contributed by atoms with van der Waals surface area (Å²) in [6.45, 7) is 9.86. The minimum Gasteiger partial charge on any atom is -0.419 e. The first kappa shape index (κ1) is 21.4. The number of halogens is 1. The molecule has 31 heavy (non-hydrogen) atoms. The summed E-state index contributed by atoms with van der Waals surface area (Å²) < 4.78 is 5.82. The average molecular weight is 456 g/mol. The third-order valence-electron chi connectivity index (χ3n) is 5.04. The average Bonchev–Trinajstić information content (AvgIpc) is 3.30. The Morgan fingerprint density at radius 1 is 1.16 bits per heavy atom. The highest BCUT2D eigenvalue weighted by atomic mass is 35.5. The molecule has 0 N–H and O–H groups in total. The lowest BCUT2D eigenvalue weighted by molar-refractivity contribution is 0.0677. The molecule has 3 aromatic heterocycles. The Kier molecular flexibility index (Phi) is 5.77. The minimum atomic E-state index is -0.0925. The zero-order chi connectivity index (χ0) is 22.3. The Morgan fingerprint density at radius 3 is 2.61 bits per heavy atom. The predicted octanol–water partition coefficient (Wildman–Crippen LogP) is 5.37. The molecule has 0 aliphatic carbocycles. The third-order valence-corrected chi connectivity index (χ3v) is 6.54. The first-order valence-corrected chi connectivity index (χ1v) is 11.1. The van der Waals surface area contributed by atoms with Gasteiger partial charge in [-0.2, -0.15) is 0 Å². The van der Waals surface area contributed by atoms with Crippen LogP contribution in [0.25, 0.3) is 21.7 Å². The first-order valence-electron chi connectivity index (χ1n) is 9.88. The molecule has 0 spiro atoms. The molecule has 0 saturated carbocycles. The van der Waals surface area contributed by atoms with Crippen LogP contribution in [-0.4, -0.2) is 37.0 Å². The van der Waals surface area contributed by atoms with Crippen molar-refractivity contribution < 1.29 is 9.21 Å². The van der Waals surface area contributed by atoms with Crippen LogP contribution in [0.15, 0.2) is 28.7 Å². The van der Waals surface area contributed by atoms with Gasteiger partial charge in [-0.25, -0.2) is 9.97 Å². The topological polar surface area (TPSA) is 85.0 Å². The second kappa shape index (κ2) is 8.36. The highest BCUT2D eigenvalue weighted by Gasteiger charge is 2.27. The minimum absolute atomic E-state index is 0.0679. The predicted molar refractivity (Wildman–Crippen MR) is 121 cm³/mol. The maximum Gasteiger partial charge on any atom is 0.264 e. The fourth-order valence-electron chi connectivity index (χ4n) is 3.50. The van der Waals surface area contributed by atoms with Gasteiger partial charge in [0.1, 0.15) is 10.7 Å². The Hall–Kier alpha value is -2.84. The van der Waals surface area contributed by atoms with Crippen molar-refractivity contribution in [2.24, 2.45) is 0 Å². The molecule has 0 aliphatic heterocycles. The Balaban J connectivity index is 1.65. The van der Waals surface area contributed by atoms with Crippen LogP contribution in [0.3, 0.4) is 0 Å². The Labute approximate surface area is 189 Å². The lowest BCUT2D eigenvalue weighted by atomic mass is 10.1. The summed E-state index contributed by atoms with van der Waals surface area (Å²) >= 11 is 7.63. The van der Waals surface area contributed by atoms with Gasteiger partial charge in [-0.15, -0.1) is 21.5 Å². The van der Waals surface area contributed by atoms with Gasteiger partial charge in [0.25, 0.3) is 5.91 Å². The van der Waals surface area contributed by atoms with Crippen molar-refractivity contribution in [3.05, 3.63) is 57.1 Å². The molecule has 0 aliphatic rings. The number of hydrogen-bond acceptors (Lipinski definition) is 7. The van der Waals surface area contributed by atoms with E-state index >= 15 is 0 Å². The zero-order valence-electron chi connectivity index (χ0n) is 17.9. The lowest BCUT2D eigenvalue weighted by Gasteiger charge is -2.25. The summed E-state index contributed by atoms with van der Waals surface area (Å²) in [5.41, 5.74) is 2.44. The number of aryl methyl sites for hydroxylation is 3. The maximum absolute atomic E-state index is 13.5. The van der Waals surface area contributed by atoms with Gasteiger partial charge in [0, 0.05) is 17.1 Å². The zero-order valence-corrected chi connectivity index (χ0v) is 19.5. The summed E-state index contributed by atoms with van der Waals surface area (Å²) in [6, 6.07) is 7.20. The van der Waals surface area contributed by atoms with Crippen LogP contribution in [0.4, 0.5) is 0 Å².